The van der Waals surface area contributed by atoms with Gasteiger partial charge in [-0.3, -0.25) is 0 Å². The lowest BCUT2D eigenvalue weighted by Crippen LogP contribution is -2.14. The fourth-order valence-corrected chi connectivity index (χ4v) is 3.03. The molecule has 0 saturated carbocycles. The third-order valence-corrected chi connectivity index (χ3v) is 4.26. The van der Waals surface area contributed by atoms with E-state index in [4.69, 9.17) is 0 Å². The first-order valence-corrected chi connectivity index (χ1v) is 7.68. The van der Waals surface area contributed by atoms with Gasteiger partial charge in [-0.2, -0.15) is 0 Å². The predicted molar refractivity (Wildman–Crippen MR) is 87.0 cm³/mol. The SMILES string of the molecule is CN(C)CCc1c[nH]c2ccc(C3=CCCCC3)cc12. The lowest BCUT2D eigenvalue weighted by atomic mass is 9.92. The van der Waals surface area contributed by atoms with Gasteiger partial charge in [0.1, 0.15) is 0 Å². The van der Waals surface area contributed by atoms with Crippen molar-refractivity contribution in [2.75, 3.05) is 20.6 Å². The van der Waals surface area contributed by atoms with Crippen LogP contribution in [0, 0.1) is 0 Å². The summed E-state index contributed by atoms with van der Waals surface area (Å²) in [5.74, 6) is 0. The summed E-state index contributed by atoms with van der Waals surface area (Å²) in [7, 11) is 4.26. The highest BCUT2D eigenvalue weighted by molar-refractivity contribution is 5.87. The Morgan fingerprint density at radius 2 is 2.10 bits per heavy atom. The average Bonchev–Trinajstić information content (AvgIpc) is 2.88. The Bertz CT molecular complexity index is 619. The van der Waals surface area contributed by atoms with Gasteiger partial charge in [-0.1, -0.05) is 12.1 Å². The minimum atomic E-state index is 1.10. The molecule has 1 aromatic heterocycles. The topological polar surface area (TPSA) is 19.0 Å². The zero-order chi connectivity index (χ0) is 13.9. The van der Waals surface area contributed by atoms with Gasteiger partial charge in [0, 0.05) is 23.6 Å². The Labute approximate surface area is 121 Å². The summed E-state index contributed by atoms with van der Waals surface area (Å²) in [6.45, 7) is 1.10. The molecule has 0 aliphatic heterocycles. The highest BCUT2D eigenvalue weighted by Crippen LogP contribution is 2.30. The molecule has 0 radical (unpaired) electrons. The van der Waals surface area contributed by atoms with Crippen molar-refractivity contribution in [2.24, 2.45) is 0 Å². The first kappa shape index (κ1) is 13.4. The van der Waals surface area contributed by atoms with Crippen LogP contribution in [-0.4, -0.2) is 30.5 Å². The third kappa shape index (κ3) is 2.80. The minimum absolute atomic E-state index is 1.10. The second-order valence-electron chi connectivity index (χ2n) is 6.10. The molecule has 0 amide bonds. The van der Waals surface area contributed by atoms with Crippen LogP contribution in [0.25, 0.3) is 16.5 Å². The summed E-state index contributed by atoms with van der Waals surface area (Å²) >= 11 is 0. The molecule has 0 fully saturated rings. The molecule has 3 rings (SSSR count). The first-order valence-electron chi connectivity index (χ1n) is 7.68. The van der Waals surface area contributed by atoms with Gasteiger partial charge in [-0.15, -0.1) is 0 Å². The lowest BCUT2D eigenvalue weighted by Gasteiger charge is -2.13. The highest BCUT2D eigenvalue weighted by Gasteiger charge is 2.09. The summed E-state index contributed by atoms with van der Waals surface area (Å²) in [6, 6.07) is 6.89. The maximum atomic E-state index is 3.40. The molecule has 0 bridgehead atoms. The van der Waals surface area contributed by atoms with E-state index >= 15 is 0 Å². The van der Waals surface area contributed by atoms with Gasteiger partial charge in [0.15, 0.2) is 0 Å². The number of likely N-dealkylation sites (N-methyl/N-ethyl adjacent to an activating group) is 1. The van der Waals surface area contributed by atoms with Crippen LogP contribution in [-0.2, 0) is 6.42 Å². The number of nitrogens with zero attached hydrogens (tertiary/aromatic N) is 1. The van der Waals surface area contributed by atoms with Crippen LogP contribution in [0.5, 0.6) is 0 Å². The van der Waals surface area contributed by atoms with Crippen LogP contribution in [0.3, 0.4) is 0 Å². The largest absolute Gasteiger partial charge is 0.361 e. The molecule has 106 valence electrons. The monoisotopic (exact) mass is 268 g/mol. The second kappa shape index (κ2) is 5.84. The summed E-state index contributed by atoms with van der Waals surface area (Å²) in [5, 5.41) is 1.40. The van der Waals surface area contributed by atoms with E-state index in [2.05, 4.69) is 54.5 Å². The second-order valence-corrected chi connectivity index (χ2v) is 6.10. The Morgan fingerprint density at radius 1 is 1.20 bits per heavy atom. The van der Waals surface area contributed by atoms with Gasteiger partial charge >= 0.3 is 0 Å². The number of nitrogens with one attached hydrogen (secondary N) is 1. The summed E-state index contributed by atoms with van der Waals surface area (Å²) in [4.78, 5) is 5.65. The summed E-state index contributed by atoms with van der Waals surface area (Å²) in [5.41, 5.74) is 5.66. The number of rotatable bonds is 4. The van der Waals surface area contributed by atoms with E-state index in [-0.39, 0.29) is 0 Å². The van der Waals surface area contributed by atoms with Crippen molar-refractivity contribution in [1.29, 1.82) is 0 Å². The molecular formula is C18H24N2. The predicted octanol–water partition coefficient (Wildman–Crippen LogP) is 4.23. The summed E-state index contributed by atoms with van der Waals surface area (Å²) in [6.07, 6.45) is 10.9. The molecule has 1 heterocycles. The zero-order valence-corrected chi connectivity index (χ0v) is 12.6. The minimum Gasteiger partial charge on any atom is -0.361 e. The van der Waals surface area contributed by atoms with E-state index in [1.54, 1.807) is 0 Å². The van der Waals surface area contributed by atoms with Gasteiger partial charge in [0.25, 0.3) is 0 Å². The Morgan fingerprint density at radius 3 is 2.85 bits per heavy atom. The quantitative estimate of drug-likeness (QED) is 0.879. The van der Waals surface area contributed by atoms with Crippen molar-refractivity contribution in [1.82, 2.24) is 9.88 Å². The Hall–Kier alpha value is -1.54. The zero-order valence-electron chi connectivity index (χ0n) is 12.6. The fourth-order valence-electron chi connectivity index (χ4n) is 3.03. The van der Waals surface area contributed by atoms with Crippen molar-refractivity contribution in [3.63, 3.8) is 0 Å². The molecule has 1 aromatic carbocycles. The van der Waals surface area contributed by atoms with Crippen molar-refractivity contribution in [3.8, 4) is 0 Å². The van der Waals surface area contributed by atoms with Crippen molar-refractivity contribution in [2.45, 2.75) is 32.1 Å². The molecule has 1 aliphatic carbocycles. The van der Waals surface area contributed by atoms with E-state index in [9.17, 15) is 0 Å². The maximum absolute atomic E-state index is 3.40. The number of hydrogen-bond acceptors (Lipinski definition) is 1. The Balaban J connectivity index is 1.92. The van der Waals surface area contributed by atoms with Gasteiger partial charge in [0.2, 0.25) is 0 Å². The van der Waals surface area contributed by atoms with E-state index < -0.39 is 0 Å². The molecule has 1 aliphatic rings. The van der Waals surface area contributed by atoms with Gasteiger partial charge < -0.3 is 9.88 Å². The number of aromatic amines is 1. The van der Waals surface area contributed by atoms with E-state index in [0.29, 0.717) is 0 Å². The molecule has 0 unspecified atom stereocenters. The van der Waals surface area contributed by atoms with E-state index in [1.165, 1.54) is 53.3 Å². The van der Waals surface area contributed by atoms with Crippen LogP contribution in [0.1, 0.15) is 36.8 Å². The number of benzene rings is 1. The number of fused-ring (bicyclic) bond motifs is 1. The third-order valence-electron chi connectivity index (χ3n) is 4.26. The highest BCUT2D eigenvalue weighted by atomic mass is 15.0. The molecule has 2 nitrogen and oxygen atoms in total. The average molecular weight is 268 g/mol. The van der Waals surface area contributed by atoms with Crippen LogP contribution in [0.4, 0.5) is 0 Å². The molecule has 2 heteroatoms. The van der Waals surface area contributed by atoms with Crippen LogP contribution < -0.4 is 0 Å². The molecular weight excluding hydrogens is 244 g/mol. The molecule has 0 spiro atoms. The lowest BCUT2D eigenvalue weighted by molar-refractivity contribution is 0.414. The van der Waals surface area contributed by atoms with E-state index in [1.807, 2.05) is 0 Å². The standard InChI is InChI=1S/C18H24N2/c1-20(2)11-10-16-13-19-18-9-8-15(12-17(16)18)14-6-4-3-5-7-14/h6,8-9,12-13,19H,3-5,7,10-11H2,1-2H3. The number of H-pyrrole nitrogens is 1. The number of aromatic nitrogens is 1. The van der Waals surface area contributed by atoms with Crippen molar-refractivity contribution >= 4 is 16.5 Å². The number of hydrogen-bond donors (Lipinski definition) is 1. The van der Waals surface area contributed by atoms with E-state index in [0.717, 1.165) is 13.0 Å². The fraction of sp³-hybridized carbons (Fsp3) is 0.444. The van der Waals surface area contributed by atoms with Crippen molar-refractivity contribution in [3.05, 3.63) is 41.6 Å². The van der Waals surface area contributed by atoms with Gasteiger partial charge in [-0.05, 0) is 75.0 Å². The Kier molecular flexibility index (Phi) is 3.93. The van der Waals surface area contributed by atoms with Gasteiger partial charge in [-0.25, -0.2) is 0 Å². The molecule has 1 N–H and O–H groups in total. The summed E-state index contributed by atoms with van der Waals surface area (Å²) < 4.78 is 0. The van der Waals surface area contributed by atoms with Crippen LogP contribution >= 0.6 is 0 Å². The maximum Gasteiger partial charge on any atom is 0.0457 e. The molecule has 20 heavy (non-hydrogen) atoms. The smallest absolute Gasteiger partial charge is 0.0457 e. The van der Waals surface area contributed by atoms with Crippen molar-refractivity contribution < 1.29 is 0 Å². The van der Waals surface area contributed by atoms with Gasteiger partial charge in [0.05, 0.1) is 0 Å². The number of allylic oxidation sites excluding steroid dienone is 2. The molecule has 2 aromatic rings. The van der Waals surface area contributed by atoms with Crippen LogP contribution in [0.2, 0.25) is 0 Å². The molecule has 0 atom stereocenters. The normalized spacial score (nSPS) is 15.8. The molecule has 0 saturated heterocycles. The van der Waals surface area contributed by atoms with Crippen LogP contribution in [0.15, 0.2) is 30.5 Å². The first-order chi connectivity index (χ1) is 9.74.